The molecule has 1 aromatic carbocycles. The fourth-order valence-electron chi connectivity index (χ4n) is 1.89. The van der Waals surface area contributed by atoms with Gasteiger partial charge < -0.3 is 5.11 Å². The maximum Gasteiger partial charge on any atom is 0.325 e. The Morgan fingerprint density at radius 1 is 1.26 bits per heavy atom. The molecule has 0 radical (unpaired) electrons. The number of carboxylic acid groups (broad SMARTS) is 1. The van der Waals surface area contributed by atoms with Gasteiger partial charge in [-0.05, 0) is 29.9 Å². The fourth-order valence-corrected chi connectivity index (χ4v) is 1.89. The van der Waals surface area contributed by atoms with Gasteiger partial charge in [0.2, 0.25) is 0 Å². The molecule has 1 rings (SSSR count). The lowest BCUT2D eigenvalue weighted by molar-refractivity contribution is -0.139. The van der Waals surface area contributed by atoms with Crippen LogP contribution in [0.1, 0.15) is 58.2 Å². The third-order valence-corrected chi connectivity index (χ3v) is 3.42. The van der Waals surface area contributed by atoms with Gasteiger partial charge in [0.25, 0.3) is 0 Å². The highest BCUT2D eigenvalue weighted by Gasteiger charge is 2.22. The normalized spacial score (nSPS) is 15.0. The van der Waals surface area contributed by atoms with Crippen LogP contribution in [0, 0.1) is 0 Å². The van der Waals surface area contributed by atoms with Crippen molar-refractivity contribution in [2.45, 2.75) is 58.5 Å². The van der Waals surface area contributed by atoms with Crippen LogP contribution in [0.25, 0.3) is 0 Å². The first kappa shape index (κ1) is 15.7. The Kier molecular flexibility index (Phi) is 5.12. The topological polar surface area (TPSA) is 49.3 Å². The highest BCUT2D eigenvalue weighted by atomic mass is 16.4. The maximum atomic E-state index is 11.4. The lowest BCUT2D eigenvalue weighted by Crippen LogP contribution is -2.35. The van der Waals surface area contributed by atoms with Gasteiger partial charge in [-0.1, -0.05) is 52.0 Å². The Morgan fingerprint density at radius 2 is 1.79 bits per heavy atom. The van der Waals surface area contributed by atoms with Crippen molar-refractivity contribution in [3.8, 4) is 0 Å². The van der Waals surface area contributed by atoms with E-state index in [-0.39, 0.29) is 11.5 Å². The number of carbonyl (C=O) groups is 1. The van der Waals surface area contributed by atoms with E-state index in [1.165, 1.54) is 5.56 Å². The van der Waals surface area contributed by atoms with Gasteiger partial charge in [-0.25, -0.2) is 0 Å². The lowest BCUT2D eigenvalue weighted by atomic mass is 9.86. The van der Waals surface area contributed by atoms with Gasteiger partial charge in [-0.2, -0.15) is 0 Å². The van der Waals surface area contributed by atoms with E-state index >= 15 is 0 Å². The van der Waals surface area contributed by atoms with E-state index < -0.39 is 12.0 Å². The molecule has 2 atom stereocenters. The van der Waals surface area contributed by atoms with Crippen LogP contribution >= 0.6 is 0 Å². The number of nitrogens with one attached hydrogen (secondary N) is 1. The predicted octanol–water partition coefficient (Wildman–Crippen LogP) is 3.50. The molecule has 2 unspecified atom stereocenters. The van der Waals surface area contributed by atoms with E-state index in [4.69, 9.17) is 0 Å². The summed E-state index contributed by atoms with van der Waals surface area (Å²) in [6.45, 7) is 10.5. The molecule has 0 aliphatic carbocycles. The number of aliphatic carboxylic acids is 1. The van der Waals surface area contributed by atoms with Crippen molar-refractivity contribution in [3.63, 3.8) is 0 Å². The highest BCUT2D eigenvalue weighted by molar-refractivity contribution is 5.75. The van der Waals surface area contributed by atoms with Gasteiger partial charge in [0.15, 0.2) is 0 Å². The Bertz CT molecular complexity index is 417. The zero-order valence-electron chi connectivity index (χ0n) is 12.5. The molecule has 0 aromatic heterocycles. The van der Waals surface area contributed by atoms with Crippen LogP contribution in [0.2, 0.25) is 0 Å². The quantitative estimate of drug-likeness (QED) is 0.855. The van der Waals surface area contributed by atoms with E-state index in [9.17, 15) is 9.90 Å². The van der Waals surface area contributed by atoms with E-state index in [2.05, 4.69) is 26.1 Å². The third kappa shape index (κ3) is 4.35. The number of hydrogen-bond acceptors (Lipinski definition) is 2. The molecule has 19 heavy (non-hydrogen) atoms. The summed E-state index contributed by atoms with van der Waals surface area (Å²) in [7, 11) is 0. The molecule has 1 aromatic rings. The zero-order valence-corrected chi connectivity index (χ0v) is 12.5. The van der Waals surface area contributed by atoms with Gasteiger partial charge in [-0.15, -0.1) is 0 Å². The van der Waals surface area contributed by atoms with E-state index in [1.807, 2.05) is 38.1 Å². The van der Waals surface area contributed by atoms with Crippen LogP contribution in [0.3, 0.4) is 0 Å². The number of carboxylic acids is 1. The van der Waals surface area contributed by atoms with E-state index in [0.29, 0.717) is 0 Å². The molecule has 0 heterocycles. The fraction of sp³-hybridized carbons (Fsp3) is 0.562. The average molecular weight is 263 g/mol. The Morgan fingerprint density at radius 3 is 2.16 bits per heavy atom. The second kappa shape index (κ2) is 6.20. The molecule has 0 fully saturated rings. The summed E-state index contributed by atoms with van der Waals surface area (Å²) in [4.78, 5) is 11.4. The first-order chi connectivity index (χ1) is 8.75. The molecule has 0 aliphatic heterocycles. The lowest BCUT2D eigenvalue weighted by Gasteiger charge is -2.22. The summed E-state index contributed by atoms with van der Waals surface area (Å²) in [5.74, 6) is -0.830. The molecule has 0 amide bonds. The summed E-state index contributed by atoms with van der Waals surface area (Å²) >= 11 is 0. The van der Waals surface area contributed by atoms with Gasteiger partial charge in [-0.3, -0.25) is 10.1 Å². The van der Waals surface area contributed by atoms with E-state index in [1.54, 1.807) is 0 Å². The Hall–Kier alpha value is -1.35. The summed E-state index contributed by atoms with van der Waals surface area (Å²) in [6.07, 6.45) is 0.907. The molecular weight excluding hydrogens is 238 g/mol. The van der Waals surface area contributed by atoms with Crippen LogP contribution in [0.4, 0.5) is 0 Å². The first-order valence-corrected chi connectivity index (χ1v) is 6.85. The van der Waals surface area contributed by atoms with Crippen LogP contribution in [-0.2, 0) is 10.2 Å². The second-order valence-corrected chi connectivity index (χ2v) is 6.12. The molecule has 0 saturated carbocycles. The maximum absolute atomic E-state index is 11.4. The summed E-state index contributed by atoms with van der Waals surface area (Å²) < 4.78 is 0. The van der Waals surface area contributed by atoms with Crippen LogP contribution in [0.5, 0.6) is 0 Å². The first-order valence-electron chi connectivity index (χ1n) is 6.85. The largest absolute Gasteiger partial charge is 0.480 e. The minimum Gasteiger partial charge on any atom is -0.480 e. The monoisotopic (exact) mass is 263 g/mol. The molecule has 3 heteroatoms. The molecule has 0 spiro atoms. The molecule has 106 valence electrons. The van der Waals surface area contributed by atoms with Crippen LogP contribution < -0.4 is 5.32 Å². The third-order valence-electron chi connectivity index (χ3n) is 3.42. The number of rotatable bonds is 5. The van der Waals surface area contributed by atoms with Crippen molar-refractivity contribution in [3.05, 3.63) is 35.4 Å². The molecule has 0 aliphatic rings. The van der Waals surface area contributed by atoms with Gasteiger partial charge >= 0.3 is 5.97 Å². The van der Waals surface area contributed by atoms with Gasteiger partial charge in [0, 0.05) is 6.04 Å². The second-order valence-electron chi connectivity index (χ2n) is 6.12. The molecular formula is C16H25NO2. The van der Waals surface area contributed by atoms with Crippen molar-refractivity contribution < 1.29 is 9.90 Å². The van der Waals surface area contributed by atoms with Crippen LogP contribution in [0.15, 0.2) is 24.3 Å². The van der Waals surface area contributed by atoms with Crippen molar-refractivity contribution in [2.75, 3.05) is 0 Å². The summed E-state index contributed by atoms with van der Waals surface area (Å²) in [5.41, 5.74) is 2.10. The Balaban J connectivity index is 2.95. The van der Waals surface area contributed by atoms with Gasteiger partial charge in [0.1, 0.15) is 6.04 Å². The number of benzene rings is 1. The molecule has 2 N–H and O–H groups in total. The standard InChI is InChI=1S/C16H25NO2/c1-6-11(2)17-14(15(18)19)12-7-9-13(10-8-12)16(3,4)5/h7-11,14,17H,6H2,1-5H3,(H,18,19). The molecule has 0 saturated heterocycles. The van der Waals surface area contributed by atoms with Gasteiger partial charge in [0.05, 0.1) is 0 Å². The average Bonchev–Trinajstić information content (AvgIpc) is 2.34. The van der Waals surface area contributed by atoms with Crippen molar-refractivity contribution in [1.82, 2.24) is 5.32 Å². The van der Waals surface area contributed by atoms with Crippen molar-refractivity contribution in [2.24, 2.45) is 0 Å². The van der Waals surface area contributed by atoms with Crippen molar-refractivity contribution >= 4 is 5.97 Å². The minimum absolute atomic E-state index is 0.0847. The van der Waals surface area contributed by atoms with Crippen molar-refractivity contribution in [1.29, 1.82) is 0 Å². The highest BCUT2D eigenvalue weighted by Crippen LogP contribution is 2.24. The minimum atomic E-state index is -0.830. The zero-order chi connectivity index (χ0) is 14.6. The van der Waals surface area contributed by atoms with Crippen LogP contribution in [-0.4, -0.2) is 17.1 Å². The Labute approximate surface area is 116 Å². The predicted molar refractivity (Wildman–Crippen MR) is 78.4 cm³/mol. The SMILES string of the molecule is CCC(C)NC(C(=O)O)c1ccc(C(C)(C)C)cc1. The number of hydrogen-bond donors (Lipinski definition) is 2. The summed E-state index contributed by atoms with van der Waals surface area (Å²) in [6, 6.07) is 7.41. The smallest absolute Gasteiger partial charge is 0.325 e. The van der Waals surface area contributed by atoms with E-state index in [0.717, 1.165) is 12.0 Å². The summed E-state index contributed by atoms with van der Waals surface area (Å²) in [5, 5.41) is 12.5. The molecule has 0 bridgehead atoms. The molecule has 3 nitrogen and oxygen atoms in total.